The molecule has 3 rings (SSSR count). The lowest BCUT2D eigenvalue weighted by Gasteiger charge is -2.33. The number of nitrogens with one attached hydrogen (secondary N) is 1. The summed E-state index contributed by atoms with van der Waals surface area (Å²) in [5.41, 5.74) is 0.637. The van der Waals surface area contributed by atoms with Gasteiger partial charge < -0.3 is 29.2 Å². The van der Waals surface area contributed by atoms with E-state index in [2.05, 4.69) is 5.32 Å². The van der Waals surface area contributed by atoms with Gasteiger partial charge in [-0.1, -0.05) is 50.0 Å². The number of ether oxygens (including phenoxy) is 4. The Kier molecular flexibility index (Phi) is 13.4. The van der Waals surface area contributed by atoms with Crippen molar-refractivity contribution in [1.29, 1.82) is 0 Å². The van der Waals surface area contributed by atoms with E-state index < -0.39 is 28.5 Å². The lowest BCUT2D eigenvalue weighted by molar-refractivity contribution is -0.140. The van der Waals surface area contributed by atoms with Gasteiger partial charge in [0.05, 0.1) is 49.1 Å². The molecule has 0 aliphatic rings. The number of nitrogens with zero attached hydrogens (tertiary/aromatic N) is 2. The zero-order chi connectivity index (χ0) is 34.9. The fraction of sp³-hybridized carbons (Fsp3) is 0.394. The number of hydrogen-bond donors (Lipinski definition) is 1. The molecular formula is C33H41Cl2N3O8S. The molecule has 3 aromatic rings. The van der Waals surface area contributed by atoms with Crippen LogP contribution in [0, 0.1) is 5.92 Å². The molecule has 0 bridgehead atoms. The van der Waals surface area contributed by atoms with Crippen LogP contribution < -0.4 is 28.6 Å². The highest BCUT2D eigenvalue weighted by atomic mass is 35.5. The first-order valence-corrected chi connectivity index (χ1v) is 17.0. The third-order valence-corrected chi connectivity index (χ3v) is 9.78. The maximum Gasteiger partial charge on any atom is 0.265 e. The molecule has 1 atom stereocenters. The van der Waals surface area contributed by atoms with Gasteiger partial charge in [0.1, 0.15) is 24.1 Å². The Morgan fingerprint density at radius 1 is 0.830 bits per heavy atom. The number of rotatable bonds is 16. The second-order valence-corrected chi connectivity index (χ2v) is 13.6. The minimum Gasteiger partial charge on any atom is -0.497 e. The minimum atomic E-state index is -4.48. The molecule has 0 spiro atoms. The summed E-state index contributed by atoms with van der Waals surface area (Å²) < 4.78 is 51.5. The predicted octanol–water partition coefficient (Wildman–Crippen LogP) is 5.80. The first-order chi connectivity index (χ1) is 22.3. The Hall–Kier alpha value is -3.87. The van der Waals surface area contributed by atoms with Gasteiger partial charge in [0.2, 0.25) is 11.8 Å². The van der Waals surface area contributed by atoms with E-state index in [1.165, 1.54) is 63.7 Å². The number of sulfonamides is 1. The van der Waals surface area contributed by atoms with Crippen LogP contribution in [-0.4, -0.2) is 72.7 Å². The van der Waals surface area contributed by atoms with Gasteiger partial charge in [-0.25, -0.2) is 8.42 Å². The van der Waals surface area contributed by atoms with Gasteiger partial charge in [0, 0.05) is 25.2 Å². The monoisotopic (exact) mass is 709 g/mol. The molecule has 47 heavy (non-hydrogen) atoms. The number of halogens is 2. The molecular weight excluding hydrogens is 669 g/mol. The Morgan fingerprint density at radius 3 is 2.06 bits per heavy atom. The van der Waals surface area contributed by atoms with Crippen molar-refractivity contribution in [3.05, 3.63) is 70.2 Å². The van der Waals surface area contributed by atoms with E-state index in [4.69, 9.17) is 42.1 Å². The first-order valence-electron chi connectivity index (χ1n) is 14.8. The van der Waals surface area contributed by atoms with Crippen LogP contribution in [0.4, 0.5) is 5.69 Å². The molecule has 0 radical (unpaired) electrons. The summed E-state index contributed by atoms with van der Waals surface area (Å²) >= 11 is 12.4. The van der Waals surface area contributed by atoms with Gasteiger partial charge in [-0.15, -0.1) is 0 Å². The molecule has 0 aliphatic heterocycles. The molecule has 1 unspecified atom stereocenters. The van der Waals surface area contributed by atoms with Crippen LogP contribution in [0.2, 0.25) is 10.0 Å². The zero-order valence-electron chi connectivity index (χ0n) is 27.5. The van der Waals surface area contributed by atoms with Crippen LogP contribution in [0.15, 0.2) is 59.5 Å². The van der Waals surface area contributed by atoms with Crippen molar-refractivity contribution >= 4 is 50.7 Å². The smallest absolute Gasteiger partial charge is 0.265 e. The van der Waals surface area contributed by atoms with Gasteiger partial charge >= 0.3 is 0 Å². The molecule has 0 aromatic heterocycles. The van der Waals surface area contributed by atoms with Crippen molar-refractivity contribution in [1.82, 2.24) is 10.2 Å². The van der Waals surface area contributed by atoms with Crippen molar-refractivity contribution in [2.45, 2.75) is 44.7 Å². The number of amides is 2. The molecule has 14 heteroatoms. The number of carbonyl (C=O) groups excluding carboxylic acids is 2. The van der Waals surface area contributed by atoms with Gasteiger partial charge in [-0.2, -0.15) is 0 Å². The highest BCUT2D eigenvalue weighted by Crippen LogP contribution is 2.38. The average molecular weight is 711 g/mol. The van der Waals surface area contributed by atoms with Crippen molar-refractivity contribution in [3.63, 3.8) is 0 Å². The normalized spacial score (nSPS) is 11.9. The summed E-state index contributed by atoms with van der Waals surface area (Å²) in [5, 5.41) is 3.50. The zero-order valence-corrected chi connectivity index (χ0v) is 29.8. The van der Waals surface area contributed by atoms with Gasteiger partial charge in [0.15, 0.2) is 11.5 Å². The number of benzene rings is 3. The summed E-state index contributed by atoms with van der Waals surface area (Å²) in [6.45, 7) is 5.33. The quantitative estimate of drug-likeness (QED) is 0.198. The van der Waals surface area contributed by atoms with Gasteiger partial charge in [-0.3, -0.25) is 13.9 Å². The van der Waals surface area contributed by atoms with E-state index in [0.717, 1.165) is 4.31 Å². The van der Waals surface area contributed by atoms with Crippen LogP contribution in [0.25, 0.3) is 0 Å². The number of methoxy groups -OCH3 is 4. The van der Waals surface area contributed by atoms with Crippen LogP contribution >= 0.6 is 23.2 Å². The van der Waals surface area contributed by atoms with Crippen molar-refractivity contribution in [3.8, 4) is 23.0 Å². The molecule has 0 saturated heterocycles. The lowest BCUT2D eigenvalue weighted by atomic mass is 10.1. The van der Waals surface area contributed by atoms with Crippen LogP contribution in [-0.2, 0) is 26.2 Å². The molecule has 0 heterocycles. The fourth-order valence-corrected chi connectivity index (χ4v) is 6.54. The molecule has 11 nitrogen and oxygen atoms in total. The molecule has 0 saturated carbocycles. The maximum absolute atomic E-state index is 14.5. The SMILES string of the molecule is CCC(C(=O)NCC(C)C)N(Cc1ccc(Cl)c(Cl)c1)C(=O)CN(c1cc(OC)ccc1OC)S(=O)(=O)c1ccc(OC)c(OC)c1. The molecule has 1 N–H and O–H groups in total. The van der Waals surface area contributed by atoms with Crippen LogP contribution in [0.3, 0.4) is 0 Å². The Balaban J connectivity index is 2.20. The summed E-state index contributed by atoms with van der Waals surface area (Å²) in [5.74, 6) is 0.122. The van der Waals surface area contributed by atoms with Gasteiger partial charge in [0.25, 0.3) is 10.0 Å². The highest BCUT2D eigenvalue weighted by molar-refractivity contribution is 7.92. The van der Waals surface area contributed by atoms with Crippen molar-refractivity contribution < 1.29 is 37.0 Å². The number of hydrogen-bond acceptors (Lipinski definition) is 8. The van der Waals surface area contributed by atoms with Crippen LogP contribution in [0.5, 0.6) is 23.0 Å². The fourth-order valence-electron chi connectivity index (χ4n) is 4.79. The topological polar surface area (TPSA) is 124 Å². The second kappa shape index (κ2) is 16.8. The standard InChI is InChI=1S/C33H41Cl2N3O8S/c1-8-27(33(40)36-18-21(2)3)37(19-22-9-12-25(34)26(35)15-22)32(39)20-38(28-16-23(43-4)10-13-29(28)44-5)47(41,42)24-11-14-30(45-6)31(17-24)46-7/h9-17,21,27H,8,18-20H2,1-7H3,(H,36,40). The summed E-state index contributed by atoms with van der Waals surface area (Å²) in [7, 11) is 1.16. The molecule has 2 amide bonds. The highest BCUT2D eigenvalue weighted by Gasteiger charge is 2.35. The maximum atomic E-state index is 14.5. The molecule has 256 valence electrons. The third-order valence-electron chi connectivity index (χ3n) is 7.28. The average Bonchev–Trinajstić information content (AvgIpc) is 3.06. The Bertz CT molecular complexity index is 1670. The van der Waals surface area contributed by atoms with Gasteiger partial charge in [-0.05, 0) is 54.3 Å². The molecule has 3 aromatic carbocycles. The third kappa shape index (κ3) is 9.15. The lowest BCUT2D eigenvalue weighted by Crippen LogP contribution is -2.52. The van der Waals surface area contributed by atoms with Crippen molar-refractivity contribution in [2.75, 3.05) is 45.8 Å². The minimum absolute atomic E-state index is 0.0433. The number of carbonyl (C=O) groups is 2. The van der Waals surface area contributed by atoms with E-state index in [9.17, 15) is 18.0 Å². The summed E-state index contributed by atoms with van der Waals surface area (Å²) in [4.78, 5) is 29.1. The number of anilines is 1. The molecule has 0 aliphatic carbocycles. The van der Waals surface area contributed by atoms with E-state index in [-0.39, 0.29) is 51.9 Å². The summed E-state index contributed by atoms with van der Waals surface area (Å²) in [6, 6.07) is 12.7. The van der Waals surface area contributed by atoms with E-state index in [1.807, 2.05) is 13.8 Å². The Morgan fingerprint density at radius 2 is 1.49 bits per heavy atom. The van der Waals surface area contributed by atoms with E-state index >= 15 is 0 Å². The van der Waals surface area contributed by atoms with Crippen LogP contribution in [0.1, 0.15) is 32.8 Å². The second-order valence-electron chi connectivity index (χ2n) is 10.9. The van der Waals surface area contributed by atoms with E-state index in [1.54, 1.807) is 31.2 Å². The van der Waals surface area contributed by atoms with E-state index in [0.29, 0.717) is 28.6 Å². The van der Waals surface area contributed by atoms with Crippen molar-refractivity contribution in [2.24, 2.45) is 5.92 Å². The largest absolute Gasteiger partial charge is 0.497 e. The summed E-state index contributed by atoms with van der Waals surface area (Å²) in [6.07, 6.45) is 0.252. The first kappa shape index (κ1) is 37.6. The Labute approximate surface area is 286 Å². The molecule has 0 fully saturated rings. The predicted molar refractivity (Wildman–Crippen MR) is 183 cm³/mol.